The maximum Gasteiger partial charge on any atom is 0 e. The first kappa shape index (κ1) is 69.7. The third-order valence-electron chi connectivity index (χ3n) is 0. The fourth-order valence-electron chi connectivity index (χ4n) is 0. The van der Waals surface area contributed by atoms with E-state index in [2.05, 4.69) is 0 Å². The third-order valence-corrected chi connectivity index (χ3v) is 0. The van der Waals surface area contributed by atoms with Gasteiger partial charge in [-0.3, -0.25) is 0 Å². The molecule has 0 nitrogen and oxygen atoms in total. The number of hydrogen-bond acceptors (Lipinski definition) is 0. The Balaban J connectivity index is 0. The summed E-state index contributed by atoms with van der Waals surface area (Å²) >= 11 is 0. The van der Waals surface area contributed by atoms with E-state index in [1.54, 1.807) is 0 Å². The van der Waals surface area contributed by atoms with Gasteiger partial charge in [-0.25, -0.2) is 0 Å². The molecule has 0 saturated carbocycles. The van der Waals surface area contributed by atoms with Crippen LogP contribution in [0.4, 0.5) is 0 Å². The Kier molecular flexibility index (Phi) is 544. The van der Waals surface area contributed by atoms with Crippen LogP contribution >= 0.6 is 0 Å². The van der Waals surface area contributed by atoms with Gasteiger partial charge in [-0.15, -0.1) is 0 Å². The van der Waals surface area contributed by atoms with Crippen LogP contribution in [0, 0.1) is 0 Å². The minimum Gasteiger partial charge on any atom is -0.0776 e. The molecule has 0 aromatic heterocycles. The van der Waals surface area contributed by atoms with E-state index in [4.69, 9.17) is 0 Å². The fraction of sp³-hybridized carbons (Fsp3) is 1.00. The van der Waals surface area contributed by atoms with Crippen LogP contribution in [0.5, 0.6) is 0 Å². The van der Waals surface area contributed by atoms with Gasteiger partial charge in [-0.1, -0.05) is 7.43 Å². The molecule has 5 heteroatoms. The van der Waals surface area contributed by atoms with Crippen molar-refractivity contribution in [3.63, 3.8) is 0 Å². The van der Waals surface area contributed by atoms with Crippen molar-refractivity contribution < 1.29 is 88.8 Å². The Morgan fingerprint density at radius 1 is 1.00 bits per heavy atom. The van der Waals surface area contributed by atoms with Gasteiger partial charge in [0.25, 0.3) is 0 Å². The first-order valence-electron chi connectivity index (χ1n) is 0. The predicted molar refractivity (Wildman–Crippen MR) is 6.73 cm³/mol. The first-order valence-corrected chi connectivity index (χ1v) is 0. The van der Waals surface area contributed by atoms with Gasteiger partial charge in [-0.2, -0.15) is 0 Å². The van der Waals surface area contributed by atoms with Crippen LogP contribution in [-0.4, -0.2) is 0 Å². The SMILES string of the molecule is C.[Cu].[Fe].[Mn].[Ni].[W]. The van der Waals surface area contributed by atoms with Crippen LogP contribution in [0.25, 0.3) is 0 Å². The summed E-state index contributed by atoms with van der Waals surface area (Å²) in [4.78, 5) is 0. The Labute approximate surface area is 95.0 Å². The monoisotopic (exact) mass is 432 g/mol. The molecule has 0 atom stereocenters. The molecule has 0 aliphatic carbocycles. The maximum absolute atomic E-state index is 0. The molecule has 0 unspecified atom stereocenters. The number of hydrogen-bond donors (Lipinski definition) is 0. The Bertz CT molecular complexity index is 15.5. The molecule has 0 heterocycles. The van der Waals surface area contributed by atoms with Crippen molar-refractivity contribution in [3.05, 3.63) is 0 Å². The molecule has 0 aliphatic heterocycles. The summed E-state index contributed by atoms with van der Waals surface area (Å²) in [6.45, 7) is 0. The van der Waals surface area contributed by atoms with E-state index >= 15 is 0 Å². The van der Waals surface area contributed by atoms with E-state index in [9.17, 15) is 0 Å². The Morgan fingerprint density at radius 3 is 1.00 bits per heavy atom. The van der Waals surface area contributed by atoms with Gasteiger partial charge in [0.1, 0.15) is 0 Å². The molecule has 0 bridgehead atoms. The molecule has 0 aromatic rings. The van der Waals surface area contributed by atoms with Crippen molar-refractivity contribution in [2.24, 2.45) is 0 Å². The summed E-state index contributed by atoms with van der Waals surface area (Å²) in [7, 11) is 0. The maximum atomic E-state index is 0. The van der Waals surface area contributed by atoms with Crippen molar-refractivity contribution in [2.45, 2.75) is 7.43 Å². The van der Waals surface area contributed by atoms with Crippen LogP contribution in [0.15, 0.2) is 0 Å². The second-order valence-corrected chi connectivity index (χ2v) is 0. The average molecular weight is 433 g/mol. The van der Waals surface area contributed by atoms with Crippen LogP contribution in [0.3, 0.4) is 0 Å². The summed E-state index contributed by atoms with van der Waals surface area (Å²) in [5, 5.41) is 0. The molecular weight excluding hydrogens is 429 g/mol. The van der Waals surface area contributed by atoms with Gasteiger partial charge in [0.15, 0.2) is 0 Å². The molecule has 0 fully saturated rings. The van der Waals surface area contributed by atoms with Crippen molar-refractivity contribution in [2.75, 3.05) is 0 Å². The van der Waals surface area contributed by atoms with Crippen LogP contribution in [0.2, 0.25) is 0 Å². The van der Waals surface area contributed by atoms with E-state index in [1.165, 1.54) is 0 Å². The van der Waals surface area contributed by atoms with Crippen molar-refractivity contribution in [3.8, 4) is 0 Å². The summed E-state index contributed by atoms with van der Waals surface area (Å²) in [5.41, 5.74) is 0. The molecular formula is CH4CuFeMnNiW. The van der Waals surface area contributed by atoms with E-state index < -0.39 is 0 Å². The average Bonchev–Trinajstić information content (AvgIpc) is 0. The summed E-state index contributed by atoms with van der Waals surface area (Å²) in [5.74, 6) is 0. The topological polar surface area (TPSA) is 0 Å². The molecule has 6 heavy (non-hydrogen) atoms. The zero-order chi connectivity index (χ0) is 0. The Morgan fingerprint density at radius 2 is 1.00 bits per heavy atom. The van der Waals surface area contributed by atoms with Crippen molar-refractivity contribution in [1.29, 1.82) is 0 Å². The molecule has 2 radical (unpaired) electrons. The summed E-state index contributed by atoms with van der Waals surface area (Å²) in [6, 6.07) is 0. The molecule has 50 valence electrons. The van der Waals surface area contributed by atoms with Gasteiger partial charge in [0, 0.05) is 88.8 Å². The van der Waals surface area contributed by atoms with E-state index in [0.717, 1.165) is 0 Å². The van der Waals surface area contributed by atoms with Crippen LogP contribution in [-0.2, 0) is 88.8 Å². The second-order valence-electron chi connectivity index (χ2n) is 0. The molecule has 0 aliphatic rings. The van der Waals surface area contributed by atoms with Gasteiger partial charge in [-0.05, 0) is 0 Å². The molecule has 0 saturated heterocycles. The van der Waals surface area contributed by atoms with E-state index in [-0.39, 0.29) is 96.2 Å². The minimum absolute atomic E-state index is 0. The van der Waals surface area contributed by atoms with E-state index in [1.807, 2.05) is 0 Å². The largest absolute Gasteiger partial charge is 0.0776 e. The third kappa shape index (κ3) is 29.6. The minimum atomic E-state index is 0. The molecule has 0 aromatic carbocycles. The molecule has 0 spiro atoms. The zero-order valence-corrected chi connectivity index (χ0v) is 8.90. The zero-order valence-electron chi connectivity index (χ0n) is 1.76. The van der Waals surface area contributed by atoms with Gasteiger partial charge >= 0.3 is 0 Å². The molecule has 0 N–H and O–H groups in total. The molecule has 0 amide bonds. The van der Waals surface area contributed by atoms with E-state index in [0.29, 0.717) is 0 Å². The fourth-order valence-corrected chi connectivity index (χ4v) is 0. The number of rotatable bonds is 0. The van der Waals surface area contributed by atoms with Gasteiger partial charge in [0.05, 0.1) is 0 Å². The standard InChI is InChI=1S/CH4.Cu.Fe.Mn.Ni.W/h1H4;;;;;. The predicted octanol–water partition coefficient (Wildman–Crippen LogP) is 0.624. The summed E-state index contributed by atoms with van der Waals surface area (Å²) in [6.07, 6.45) is 0. The summed E-state index contributed by atoms with van der Waals surface area (Å²) < 4.78 is 0. The second kappa shape index (κ2) is 46.8. The Hall–Kier alpha value is 2.74. The quantitative estimate of drug-likeness (QED) is 0.492. The van der Waals surface area contributed by atoms with Gasteiger partial charge in [0.2, 0.25) is 0 Å². The molecule has 0 rings (SSSR count). The van der Waals surface area contributed by atoms with Gasteiger partial charge < -0.3 is 0 Å². The van der Waals surface area contributed by atoms with Crippen molar-refractivity contribution >= 4 is 0 Å². The normalized spacial score (nSPS) is 0. The van der Waals surface area contributed by atoms with Crippen LogP contribution < -0.4 is 0 Å². The van der Waals surface area contributed by atoms with Crippen LogP contribution in [0.1, 0.15) is 7.43 Å². The smallest absolute Gasteiger partial charge is 0 e. The van der Waals surface area contributed by atoms with Crippen molar-refractivity contribution in [1.82, 2.24) is 0 Å². The first-order chi connectivity index (χ1) is 0.